The van der Waals surface area contributed by atoms with Crippen LogP contribution in [-0.4, -0.2) is 18.0 Å². The highest BCUT2D eigenvalue weighted by Crippen LogP contribution is 2.39. The van der Waals surface area contributed by atoms with E-state index in [0.717, 1.165) is 18.4 Å². The summed E-state index contributed by atoms with van der Waals surface area (Å²) in [4.78, 5) is 2.61. The molecule has 2 N–H and O–H groups in total. The molecule has 2 bridgehead atoms. The van der Waals surface area contributed by atoms with Crippen LogP contribution in [0.5, 0.6) is 0 Å². The van der Waals surface area contributed by atoms with Gasteiger partial charge in [0.05, 0.1) is 0 Å². The lowest BCUT2D eigenvalue weighted by Gasteiger charge is -2.47. The predicted molar refractivity (Wildman–Crippen MR) is 65.8 cm³/mol. The van der Waals surface area contributed by atoms with Crippen molar-refractivity contribution in [1.29, 1.82) is 0 Å². The van der Waals surface area contributed by atoms with Crippen LogP contribution < -0.4 is 5.73 Å². The van der Waals surface area contributed by atoms with Gasteiger partial charge >= 0.3 is 0 Å². The Balaban J connectivity index is 1.69. The number of benzene rings is 1. The molecular formula is C14H20N2. The summed E-state index contributed by atoms with van der Waals surface area (Å²) in [6.45, 7) is 4.36. The molecule has 3 aliphatic rings. The Morgan fingerprint density at radius 1 is 1.06 bits per heavy atom. The molecule has 0 atom stereocenters. The minimum atomic E-state index is 0.664. The molecule has 0 aromatic heterocycles. The lowest BCUT2D eigenvalue weighted by Crippen LogP contribution is -2.48. The standard InChI is InChI=1S/C14H20N2/c15-7-13-3-1-2-4-14(13)10-16-8-11-5-12(6-11)9-16/h1-4,11-12H,5-10,15H2. The van der Waals surface area contributed by atoms with Crippen LogP contribution in [0.15, 0.2) is 24.3 Å². The molecule has 2 nitrogen and oxygen atoms in total. The van der Waals surface area contributed by atoms with E-state index < -0.39 is 0 Å². The minimum Gasteiger partial charge on any atom is -0.326 e. The number of hydrogen-bond acceptors (Lipinski definition) is 2. The van der Waals surface area contributed by atoms with E-state index in [-0.39, 0.29) is 0 Å². The topological polar surface area (TPSA) is 29.3 Å². The summed E-state index contributed by atoms with van der Waals surface area (Å²) in [5.41, 5.74) is 8.50. The van der Waals surface area contributed by atoms with Crippen LogP contribution in [0.25, 0.3) is 0 Å². The number of rotatable bonds is 3. The van der Waals surface area contributed by atoms with Gasteiger partial charge in [-0.05, 0) is 35.8 Å². The van der Waals surface area contributed by atoms with E-state index >= 15 is 0 Å². The first-order chi connectivity index (χ1) is 7.85. The summed E-state index contributed by atoms with van der Waals surface area (Å²) in [5.74, 6) is 1.98. The Morgan fingerprint density at radius 2 is 1.69 bits per heavy atom. The number of piperidine rings is 2. The van der Waals surface area contributed by atoms with Gasteiger partial charge < -0.3 is 5.73 Å². The van der Waals surface area contributed by atoms with E-state index in [1.54, 1.807) is 0 Å². The molecule has 2 heteroatoms. The first kappa shape index (κ1) is 10.3. The number of hydrogen-bond donors (Lipinski definition) is 1. The molecule has 3 fully saturated rings. The van der Waals surface area contributed by atoms with Crippen molar-refractivity contribution >= 4 is 0 Å². The molecule has 2 heterocycles. The smallest absolute Gasteiger partial charge is 0.0237 e. The first-order valence-electron chi connectivity index (χ1n) is 6.34. The van der Waals surface area contributed by atoms with Gasteiger partial charge in [-0.1, -0.05) is 24.3 Å². The van der Waals surface area contributed by atoms with Crippen molar-refractivity contribution in [2.75, 3.05) is 13.1 Å². The van der Waals surface area contributed by atoms with Crippen LogP contribution in [0, 0.1) is 11.8 Å². The summed E-state index contributed by atoms with van der Waals surface area (Å²) >= 11 is 0. The van der Waals surface area contributed by atoms with Crippen LogP contribution >= 0.6 is 0 Å². The average Bonchev–Trinajstić information content (AvgIpc) is 2.29. The zero-order valence-electron chi connectivity index (χ0n) is 9.73. The quantitative estimate of drug-likeness (QED) is 0.837. The molecule has 86 valence electrons. The van der Waals surface area contributed by atoms with Gasteiger partial charge in [-0.2, -0.15) is 0 Å². The largest absolute Gasteiger partial charge is 0.326 e. The molecule has 1 aliphatic carbocycles. The number of nitrogens with zero attached hydrogens (tertiary/aromatic N) is 1. The monoisotopic (exact) mass is 216 g/mol. The highest BCUT2D eigenvalue weighted by Gasteiger charge is 2.36. The predicted octanol–water partition coefficient (Wildman–Crippen LogP) is 1.99. The normalized spacial score (nSPS) is 28.8. The Morgan fingerprint density at radius 3 is 2.31 bits per heavy atom. The summed E-state index contributed by atoms with van der Waals surface area (Å²) in [6, 6.07) is 8.58. The van der Waals surface area contributed by atoms with Gasteiger partial charge in [-0.15, -0.1) is 0 Å². The van der Waals surface area contributed by atoms with Crippen LogP contribution in [-0.2, 0) is 13.1 Å². The number of fused-ring (bicyclic) bond motifs is 2. The Bertz CT molecular complexity index is 359. The van der Waals surface area contributed by atoms with Crippen molar-refractivity contribution in [1.82, 2.24) is 4.90 Å². The van der Waals surface area contributed by atoms with Crippen LogP contribution in [0.1, 0.15) is 24.0 Å². The first-order valence-corrected chi connectivity index (χ1v) is 6.34. The van der Waals surface area contributed by atoms with Gasteiger partial charge in [0.25, 0.3) is 0 Å². The van der Waals surface area contributed by atoms with E-state index in [1.807, 2.05) is 0 Å². The van der Waals surface area contributed by atoms with Crippen LogP contribution in [0.2, 0.25) is 0 Å². The van der Waals surface area contributed by atoms with Gasteiger partial charge in [0, 0.05) is 26.2 Å². The van der Waals surface area contributed by atoms with Gasteiger partial charge in [-0.25, -0.2) is 0 Å². The zero-order chi connectivity index (χ0) is 11.0. The molecule has 16 heavy (non-hydrogen) atoms. The fourth-order valence-corrected chi connectivity index (χ4v) is 3.26. The van der Waals surface area contributed by atoms with E-state index in [9.17, 15) is 0 Å². The van der Waals surface area contributed by atoms with Crippen molar-refractivity contribution in [3.05, 3.63) is 35.4 Å². The van der Waals surface area contributed by atoms with Crippen molar-refractivity contribution in [2.24, 2.45) is 17.6 Å². The molecule has 0 unspecified atom stereocenters. The molecule has 1 aromatic rings. The van der Waals surface area contributed by atoms with Crippen molar-refractivity contribution in [2.45, 2.75) is 25.9 Å². The Kier molecular flexibility index (Phi) is 2.70. The lowest BCUT2D eigenvalue weighted by atomic mass is 9.71. The summed E-state index contributed by atoms with van der Waals surface area (Å²) in [5, 5.41) is 0. The molecule has 0 spiro atoms. The second-order valence-electron chi connectivity index (χ2n) is 5.37. The van der Waals surface area contributed by atoms with Gasteiger partial charge in [-0.3, -0.25) is 4.90 Å². The van der Waals surface area contributed by atoms with Crippen LogP contribution in [0.4, 0.5) is 0 Å². The third kappa shape index (κ3) is 1.87. The van der Waals surface area contributed by atoms with Crippen molar-refractivity contribution in [3.63, 3.8) is 0 Å². The Hall–Kier alpha value is -0.860. The van der Waals surface area contributed by atoms with Crippen LogP contribution in [0.3, 0.4) is 0 Å². The SMILES string of the molecule is NCc1ccccc1CN1CC2CC(C2)C1. The lowest BCUT2D eigenvalue weighted by molar-refractivity contribution is 0.0227. The average molecular weight is 216 g/mol. The van der Waals surface area contributed by atoms with Gasteiger partial charge in [0.2, 0.25) is 0 Å². The summed E-state index contributed by atoms with van der Waals surface area (Å²) in [6.07, 6.45) is 2.96. The second kappa shape index (κ2) is 4.19. The molecule has 1 saturated carbocycles. The van der Waals surface area contributed by atoms with Crippen molar-refractivity contribution in [3.8, 4) is 0 Å². The molecule has 2 aliphatic heterocycles. The zero-order valence-corrected chi connectivity index (χ0v) is 9.73. The third-order valence-corrected chi connectivity index (χ3v) is 4.10. The van der Waals surface area contributed by atoms with E-state index in [0.29, 0.717) is 6.54 Å². The maximum atomic E-state index is 5.77. The van der Waals surface area contributed by atoms with E-state index in [2.05, 4.69) is 29.2 Å². The van der Waals surface area contributed by atoms with Gasteiger partial charge in [0.1, 0.15) is 0 Å². The highest BCUT2D eigenvalue weighted by molar-refractivity contribution is 5.26. The minimum absolute atomic E-state index is 0.664. The third-order valence-electron chi connectivity index (χ3n) is 4.10. The maximum Gasteiger partial charge on any atom is 0.0237 e. The van der Waals surface area contributed by atoms with Crippen molar-refractivity contribution < 1.29 is 0 Å². The fourth-order valence-electron chi connectivity index (χ4n) is 3.26. The maximum absolute atomic E-state index is 5.77. The van der Waals surface area contributed by atoms with E-state index in [4.69, 9.17) is 5.73 Å². The fraction of sp³-hybridized carbons (Fsp3) is 0.571. The number of nitrogens with two attached hydrogens (primary N) is 1. The summed E-state index contributed by atoms with van der Waals surface area (Å²) in [7, 11) is 0. The molecule has 0 radical (unpaired) electrons. The molecular weight excluding hydrogens is 196 g/mol. The Labute approximate surface area is 97.4 Å². The highest BCUT2D eigenvalue weighted by atomic mass is 15.1. The molecule has 0 amide bonds. The molecule has 1 aromatic carbocycles. The van der Waals surface area contributed by atoms with E-state index in [1.165, 1.54) is 37.1 Å². The second-order valence-corrected chi connectivity index (χ2v) is 5.37. The van der Waals surface area contributed by atoms with Gasteiger partial charge in [0.15, 0.2) is 0 Å². The molecule has 2 saturated heterocycles. The molecule has 4 rings (SSSR count). The summed E-state index contributed by atoms with van der Waals surface area (Å²) < 4.78 is 0.